The maximum absolute atomic E-state index is 12.8. The summed E-state index contributed by atoms with van der Waals surface area (Å²) in [7, 11) is 0. The van der Waals surface area contributed by atoms with Gasteiger partial charge in [0, 0.05) is 23.7 Å². The van der Waals surface area contributed by atoms with E-state index < -0.39 is 0 Å². The lowest BCUT2D eigenvalue weighted by atomic mass is 10.2. The zero-order valence-corrected chi connectivity index (χ0v) is 17.3. The molecule has 0 aliphatic rings. The highest BCUT2D eigenvalue weighted by Gasteiger charge is 2.14. The van der Waals surface area contributed by atoms with Gasteiger partial charge in [-0.1, -0.05) is 35.3 Å². The number of aromatic nitrogens is 5. The third-order valence-electron chi connectivity index (χ3n) is 4.49. The van der Waals surface area contributed by atoms with Crippen LogP contribution < -0.4 is 5.32 Å². The molecule has 1 aromatic carbocycles. The Morgan fingerprint density at radius 1 is 1.17 bits per heavy atom. The van der Waals surface area contributed by atoms with E-state index in [-0.39, 0.29) is 11.9 Å². The van der Waals surface area contributed by atoms with Crippen molar-refractivity contribution in [3.63, 3.8) is 0 Å². The summed E-state index contributed by atoms with van der Waals surface area (Å²) in [5.41, 5.74) is 1.99. The molecule has 0 saturated heterocycles. The van der Waals surface area contributed by atoms with E-state index in [0.29, 0.717) is 28.0 Å². The van der Waals surface area contributed by atoms with Gasteiger partial charge in [-0.15, -0.1) is 0 Å². The lowest BCUT2D eigenvalue weighted by Crippen LogP contribution is -2.16. The van der Waals surface area contributed by atoms with Crippen LogP contribution in [0.4, 0.5) is 5.82 Å². The maximum Gasteiger partial charge on any atom is 0.258 e. The average Bonchev–Trinajstić information content (AvgIpc) is 3.31. The normalized spacial score (nSPS) is 11.3. The molecule has 3 aromatic heterocycles. The third kappa shape index (κ3) is 3.83. The number of halogens is 2. The summed E-state index contributed by atoms with van der Waals surface area (Å²) in [6, 6.07) is 9.10. The molecule has 4 rings (SSSR count). The number of nitrogens with zero attached hydrogens (tertiary/aromatic N) is 5. The van der Waals surface area contributed by atoms with Gasteiger partial charge in [0.2, 0.25) is 0 Å². The fraction of sp³-hybridized carbons (Fsp3) is 0.200. The van der Waals surface area contributed by atoms with Gasteiger partial charge in [0.05, 0.1) is 34.5 Å². The molecule has 0 spiro atoms. The first-order valence-corrected chi connectivity index (χ1v) is 9.79. The van der Waals surface area contributed by atoms with Gasteiger partial charge in [0.1, 0.15) is 5.82 Å². The Labute approximate surface area is 177 Å². The molecule has 0 atom stereocenters. The molecular formula is C20H18Cl2N6O. The van der Waals surface area contributed by atoms with Crippen molar-refractivity contribution < 1.29 is 4.79 Å². The molecule has 1 N–H and O–H groups in total. The van der Waals surface area contributed by atoms with E-state index in [4.69, 9.17) is 23.2 Å². The number of fused-ring (bicyclic) bond motifs is 1. The molecule has 4 aromatic rings. The van der Waals surface area contributed by atoms with Crippen LogP contribution in [0.15, 0.2) is 48.9 Å². The van der Waals surface area contributed by atoms with E-state index in [1.807, 2.05) is 30.7 Å². The van der Waals surface area contributed by atoms with E-state index in [0.717, 1.165) is 16.6 Å². The Hall–Kier alpha value is -2.90. The first-order chi connectivity index (χ1) is 13.9. The second-order valence-corrected chi connectivity index (χ2v) is 7.65. The topological polar surface area (TPSA) is 77.6 Å². The first-order valence-electron chi connectivity index (χ1n) is 9.03. The fourth-order valence-corrected chi connectivity index (χ4v) is 3.41. The summed E-state index contributed by atoms with van der Waals surface area (Å²) in [6.07, 6.45) is 4.87. The van der Waals surface area contributed by atoms with Gasteiger partial charge in [-0.05, 0) is 31.5 Å². The molecule has 0 fully saturated rings. The van der Waals surface area contributed by atoms with Crippen LogP contribution in [-0.4, -0.2) is 30.5 Å². The molecule has 0 bridgehead atoms. The summed E-state index contributed by atoms with van der Waals surface area (Å²) in [4.78, 5) is 17.2. The molecule has 0 radical (unpaired) electrons. The lowest BCUT2D eigenvalue weighted by molar-refractivity contribution is 0.102. The number of hydrogen-bond acceptors (Lipinski definition) is 4. The Bertz CT molecular complexity index is 1200. The van der Waals surface area contributed by atoms with Crippen molar-refractivity contribution in [1.82, 2.24) is 24.5 Å². The van der Waals surface area contributed by atoms with Gasteiger partial charge >= 0.3 is 0 Å². The molecule has 0 unspecified atom stereocenters. The Morgan fingerprint density at radius 3 is 2.79 bits per heavy atom. The number of amides is 1. The van der Waals surface area contributed by atoms with E-state index in [2.05, 4.69) is 20.5 Å². The van der Waals surface area contributed by atoms with Crippen LogP contribution in [0.25, 0.3) is 11.0 Å². The molecule has 29 heavy (non-hydrogen) atoms. The number of anilines is 1. The molecule has 1 amide bonds. The van der Waals surface area contributed by atoms with Crippen LogP contribution in [0.2, 0.25) is 10.0 Å². The van der Waals surface area contributed by atoms with Crippen molar-refractivity contribution in [2.24, 2.45) is 0 Å². The van der Waals surface area contributed by atoms with Crippen LogP contribution in [0.5, 0.6) is 0 Å². The van der Waals surface area contributed by atoms with Crippen LogP contribution in [0, 0.1) is 0 Å². The number of carbonyl (C=O) groups is 1. The van der Waals surface area contributed by atoms with Crippen LogP contribution >= 0.6 is 23.2 Å². The zero-order chi connectivity index (χ0) is 20.5. The highest BCUT2D eigenvalue weighted by atomic mass is 35.5. The highest BCUT2D eigenvalue weighted by Crippen LogP contribution is 2.27. The monoisotopic (exact) mass is 428 g/mol. The van der Waals surface area contributed by atoms with Gasteiger partial charge in [0.15, 0.2) is 5.65 Å². The molecule has 3 heterocycles. The number of benzene rings is 1. The second kappa shape index (κ2) is 7.85. The summed E-state index contributed by atoms with van der Waals surface area (Å²) in [5.74, 6) is 0.264. The minimum Gasteiger partial charge on any atom is -0.307 e. The van der Waals surface area contributed by atoms with E-state index >= 15 is 0 Å². The smallest absolute Gasteiger partial charge is 0.258 e. The van der Waals surface area contributed by atoms with Crippen molar-refractivity contribution in [3.05, 3.63) is 70.1 Å². The number of pyridine rings is 1. The lowest BCUT2D eigenvalue weighted by Gasteiger charge is -2.11. The third-order valence-corrected chi connectivity index (χ3v) is 5.35. The predicted octanol–water partition coefficient (Wildman–Crippen LogP) is 4.82. The predicted molar refractivity (Wildman–Crippen MR) is 114 cm³/mol. The molecular weight excluding hydrogens is 411 g/mol. The van der Waals surface area contributed by atoms with Gasteiger partial charge in [-0.2, -0.15) is 10.2 Å². The van der Waals surface area contributed by atoms with E-state index in [1.165, 1.54) is 0 Å². The molecule has 7 nitrogen and oxygen atoms in total. The number of rotatable bonds is 5. The molecule has 0 aliphatic heterocycles. The summed E-state index contributed by atoms with van der Waals surface area (Å²) >= 11 is 12.3. The largest absolute Gasteiger partial charge is 0.307 e. The van der Waals surface area contributed by atoms with Crippen molar-refractivity contribution in [1.29, 1.82) is 0 Å². The van der Waals surface area contributed by atoms with E-state index in [9.17, 15) is 4.79 Å². The quantitative estimate of drug-likeness (QED) is 0.494. The van der Waals surface area contributed by atoms with Crippen molar-refractivity contribution in [3.8, 4) is 0 Å². The summed E-state index contributed by atoms with van der Waals surface area (Å²) < 4.78 is 3.47. The Kier molecular flexibility index (Phi) is 5.25. The van der Waals surface area contributed by atoms with Crippen LogP contribution in [-0.2, 0) is 6.54 Å². The minimum absolute atomic E-state index is 0.187. The first kappa shape index (κ1) is 19.4. The SMILES string of the molecule is CC(C)n1ncc2cc(C(=O)Nc3ccnn3Cc3cccc(Cl)c3Cl)cnc21. The minimum atomic E-state index is -0.282. The Balaban J connectivity index is 1.56. The maximum atomic E-state index is 12.8. The standard InChI is InChI=1S/C20H18Cl2N6O/c1-12(2)28-19-14(10-25-28)8-15(9-23-19)20(29)26-17-6-7-24-27(17)11-13-4-3-5-16(21)18(13)22/h3-10,12H,11H2,1-2H3,(H,26,29). The van der Waals surface area contributed by atoms with Crippen molar-refractivity contribution in [2.45, 2.75) is 26.4 Å². The van der Waals surface area contributed by atoms with Gasteiger partial charge < -0.3 is 5.32 Å². The molecule has 9 heteroatoms. The van der Waals surface area contributed by atoms with Gasteiger partial charge in [0.25, 0.3) is 5.91 Å². The van der Waals surface area contributed by atoms with E-state index in [1.54, 1.807) is 41.5 Å². The van der Waals surface area contributed by atoms with Crippen molar-refractivity contribution >= 4 is 46.0 Å². The zero-order valence-electron chi connectivity index (χ0n) is 15.8. The van der Waals surface area contributed by atoms with Gasteiger partial charge in [-0.3, -0.25) is 4.79 Å². The molecule has 0 aliphatic carbocycles. The second-order valence-electron chi connectivity index (χ2n) is 6.86. The Morgan fingerprint density at radius 2 is 2.00 bits per heavy atom. The van der Waals surface area contributed by atoms with Crippen LogP contribution in [0.3, 0.4) is 0 Å². The molecule has 0 saturated carbocycles. The number of hydrogen-bond donors (Lipinski definition) is 1. The number of carbonyl (C=O) groups excluding carboxylic acids is 1. The summed E-state index contributed by atoms with van der Waals surface area (Å²) in [6.45, 7) is 4.44. The molecule has 148 valence electrons. The van der Waals surface area contributed by atoms with Gasteiger partial charge in [-0.25, -0.2) is 14.3 Å². The highest BCUT2D eigenvalue weighted by molar-refractivity contribution is 6.42. The van der Waals surface area contributed by atoms with Crippen LogP contribution in [0.1, 0.15) is 35.8 Å². The fourth-order valence-electron chi connectivity index (χ4n) is 3.03. The summed E-state index contributed by atoms with van der Waals surface area (Å²) in [5, 5.41) is 13.2. The average molecular weight is 429 g/mol. The number of nitrogens with one attached hydrogen (secondary N) is 1. The van der Waals surface area contributed by atoms with Crippen molar-refractivity contribution in [2.75, 3.05) is 5.32 Å².